The third-order valence-electron chi connectivity index (χ3n) is 6.35. The molecule has 2 N–H and O–H groups in total. The molecular weight excluding hydrogens is 428 g/mol. The number of para-hydroxylation sites is 2. The number of urea groups is 1. The number of fused-ring (bicyclic) bond motifs is 2. The topological polar surface area (TPSA) is 73.9 Å². The molecule has 7 heteroatoms. The molecule has 174 valence electrons. The normalized spacial score (nSPS) is 15.1. The summed E-state index contributed by atoms with van der Waals surface area (Å²) >= 11 is 0. The van der Waals surface area contributed by atoms with E-state index in [0.29, 0.717) is 19.6 Å². The van der Waals surface area contributed by atoms with Gasteiger partial charge >= 0.3 is 6.03 Å². The number of hydrogen-bond acceptors (Lipinski definition) is 4. The monoisotopic (exact) mass is 456 g/mol. The van der Waals surface area contributed by atoms with Crippen LogP contribution in [-0.2, 0) is 4.79 Å². The molecule has 2 aliphatic rings. The molecule has 7 nitrogen and oxygen atoms in total. The molecule has 0 saturated carbocycles. The van der Waals surface area contributed by atoms with Crippen LogP contribution in [0.3, 0.4) is 0 Å². The van der Waals surface area contributed by atoms with Gasteiger partial charge in [-0.25, -0.2) is 4.79 Å². The van der Waals surface area contributed by atoms with Crippen molar-refractivity contribution in [2.24, 2.45) is 0 Å². The molecule has 0 radical (unpaired) electrons. The first-order valence-corrected chi connectivity index (χ1v) is 11.7. The van der Waals surface area contributed by atoms with E-state index in [1.165, 1.54) is 0 Å². The smallest absolute Gasteiger partial charge is 0.319 e. The fourth-order valence-corrected chi connectivity index (χ4v) is 4.64. The van der Waals surface area contributed by atoms with E-state index in [4.69, 9.17) is 4.74 Å². The zero-order valence-electron chi connectivity index (χ0n) is 19.2. The van der Waals surface area contributed by atoms with Gasteiger partial charge in [-0.05, 0) is 43.3 Å². The quantitative estimate of drug-likeness (QED) is 0.610. The van der Waals surface area contributed by atoms with Crippen molar-refractivity contribution in [3.8, 4) is 11.5 Å². The molecule has 34 heavy (non-hydrogen) atoms. The van der Waals surface area contributed by atoms with Gasteiger partial charge in [0.1, 0.15) is 11.5 Å². The van der Waals surface area contributed by atoms with E-state index in [1.807, 2.05) is 84.6 Å². The number of anilines is 2. The lowest BCUT2D eigenvalue weighted by Gasteiger charge is -2.38. The minimum Gasteiger partial charge on any atom is -0.457 e. The first-order chi connectivity index (χ1) is 16.6. The molecular formula is C27H28N4O3. The number of nitrogens with one attached hydrogen (secondary N) is 2. The number of rotatable bonds is 4. The lowest BCUT2D eigenvalue weighted by atomic mass is 9.86. The maximum absolute atomic E-state index is 13.7. The van der Waals surface area contributed by atoms with Gasteiger partial charge in [0.2, 0.25) is 5.91 Å². The molecule has 0 unspecified atom stereocenters. The van der Waals surface area contributed by atoms with Gasteiger partial charge in [0.15, 0.2) is 0 Å². The van der Waals surface area contributed by atoms with Crippen LogP contribution in [0.25, 0.3) is 0 Å². The Kier molecular flexibility index (Phi) is 6.08. The second-order valence-electron chi connectivity index (χ2n) is 8.45. The molecule has 0 aromatic heterocycles. The first-order valence-electron chi connectivity index (χ1n) is 11.7. The van der Waals surface area contributed by atoms with Crippen molar-refractivity contribution in [2.45, 2.75) is 12.8 Å². The maximum Gasteiger partial charge on any atom is 0.319 e. The molecule has 2 aliphatic heterocycles. The van der Waals surface area contributed by atoms with Gasteiger partial charge in [0.25, 0.3) is 0 Å². The van der Waals surface area contributed by atoms with E-state index < -0.39 is 0 Å². The fraction of sp³-hybridized carbons (Fsp3) is 0.259. The number of nitrogens with zero attached hydrogens (tertiary/aromatic N) is 2. The molecule has 3 aromatic rings. The van der Waals surface area contributed by atoms with Crippen molar-refractivity contribution in [1.29, 1.82) is 0 Å². The Hall–Kier alpha value is -4.00. The highest BCUT2D eigenvalue weighted by atomic mass is 16.5. The zero-order chi connectivity index (χ0) is 23.5. The number of benzene rings is 3. The lowest BCUT2D eigenvalue weighted by Crippen LogP contribution is -2.50. The SMILES string of the molecule is CCNC(=O)Nc1ccc(N2CCN(C(=O)C3c4ccccc4Oc4ccccc43)CC2)cc1. The Morgan fingerprint density at radius 2 is 1.44 bits per heavy atom. The third kappa shape index (κ3) is 4.29. The highest BCUT2D eigenvalue weighted by Gasteiger charge is 2.36. The summed E-state index contributed by atoms with van der Waals surface area (Å²) < 4.78 is 6.06. The van der Waals surface area contributed by atoms with Crippen LogP contribution in [0.4, 0.5) is 16.2 Å². The number of hydrogen-bond donors (Lipinski definition) is 2. The Morgan fingerprint density at radius 1 is 0.853 bits per heavy atom. The Labute approximate surface area is 199 Å². The second-order valence-corrected chi connectivity index (χ2v) is 8.45. The molecule has 1 fully saturated rings. The molecule has 0 aliphatic carbocycles. The van der Waals surface area contributed by atoms with E-state index in [2.05, 4.69) is 15.5 Å². The second kappa shape index (κ2) is 9.47. The van der Waals surface area contributed by atoms with Gasteiger partial charge in [-0.1, -0.05) is 36.4 Å². The average Bonchev–Trinajstić information content (AvgIpc) is 2.87. The summed E-state index contributed by atoms with van der Waals surface area (Å²) in [6.07, 6.45) is 0. The van der Waals surface area contributed by atoms with Gasteiger partial charge in [-0.3, -0.25) is 4.79 Å². The van der Waals surface area contributed by atoms with Crippen molar-refractivity contribution in [3.05, 3.63) is 83.9 Å². The Morgan fingerprint density at radius 3 is 2.03 bits per heavy atom. The van der Waals surface area contributed by atoms with Crippen LogP contribution in [0.2, 0.25) is 0 Å². The van der Waals surface area contributed by atoms with Crippen molar-refractivity contribution in [2.75, 3.05) is 42.9 Å². The van der Waals surface area contributed by atoms with E-state index in [9.17, 15) is 9.59 Å². The van der Waals surface area contributed by atoms with E-state index in [1.54, 1.807) is 0 Å². The molecule has 1 saturated heterocycles. The van der Waals surface area contributed by atoms with E-state index in [0.717, 1.165) is 47.1 Å². The largest absolute Gasteiger partial charge is 0.457 e. The van der Waals surface area contributed by atoms with Crippen LogP contribution in [-0.4, -0.2) is 49.6 Å². The summed E-state index contributed by atoms with van der Waals surface area (Å²) in [5.74, 6) is 1.26. The summed E-state index contributed by atoms with van der Waals surface area (Å²) in [5.41, 5.74) is 3.67. The van der Waals surface area contributed by atoms with Crippen LogP contribution in [0.5, 0.6) is 11.5 Å². The lowest BCUT2D eigenvalue weighted by molar-refractivity contribution is -0.132. The molecule has 0 bridgehead atoms. The number of carbonyl (C=O) groups is 2. The van der Waals surface area contributed by atoms with Crippen LogP contribution in [0.15, 0.2) is 72.8 Å². The first kappa shape index (κ1) is 21.8. The predicted molar refractivity (Wildman–Crippen MR) is 133 cm³/mol. The van der Waals surface area contributed by atoms with Gasteiger partial charge in [-0.15, -0.1) is 0 Å². The highest BCUT2D eigenvalue weighted by molar-refractivity contribution is 5.90. The van der Waals surface area contributed by atoms with Crippen LogP contribution in [0.1, 0.15) is 24.0 Å². The van der Waals surface area contributed by atoms with Crippen LogP contribution < -0.4 is 20.3 Å². The maximum atomic E-state index is 13.7. The van der Waals surface area contributed by atoms with Crippen molar-refractivity contribution in [3.63, 3.8) is 0 Å². The minimum atomic E-state index is -0.354. The van der Waals surface area contributed by atoms with Gasteiger partial charge in [0, 0.05) is 55.2 Å². The Balaban J connectivity index is 1.27. The number of carbonyl (C=O) groups excluding carboxylic acids is 2. The van der Waals surface area contributed by atoms with Crippen molar-refractivity contribution in [1.82, 2.24) is 10.2 Å². The molecule has 0 atom stereocenters. The van der Waals surface area contributed by atoms with E-state index in [-0.39, 0.29) is 17.9 Å². The molecule has 5 rings (SSSR count). The highest BCUT2D eigenvalue weighted by Crippen LogP contribution is 2.44. The zero-order valence-corrected chi connectivity index (χ0v) is 19.2. The molecule has 3 amide bonds. The predicted octanol–water partition coefficient (Wildman–Crippen LogP) is 4.41. The van der Waals surface area contributed by atoms with Gasteiger partial charge < -0.3 is 25.2 Å². The summed E-state index contributed by atoms with van der Waals surface area (Å²) in [4.78, 5) is 29.7. The molecule has 2 heterocycles. The fourth-order valence-electron chi connectivity index (χ4n) is 4.64. The Bertz CT molecular complexity index is 1140. The summed E-state index contributed by atoms with van der Waals surface area (Å²) in [5, 5.41) is 5.54. The third-order valence-corrected chi connectivity index (χ3v) is 6.35. The summed E-state index contributed by atoms with van der Waals surface area (Å²) in [6, 6.07) is 23.2. The summed E-state index contributed by atoms with van der Waals surface area (Å²) in [6.45, 7) is 5.27. The number of piperazine rings is 1. The van der Waals surface area contributed by atoms with E-state index >= 15 is 0 Å². The average molecular weight is 457 g/mol. The number of ether oxygens (including phenoxy) is 1. The van der Waals surface area contributed by atoms with Gasteiger partial charge in [0.05, 0.1) is 5.92 Å². The van der Waals surface area contributed by atoms with Crippen molar-refractivity contribution < 1.29 is 14.3 Å². The minimum absolute atomic E-state index is 0.115. The van der Waals surface area contributed by atoms with Crippen LogP contribution >= 0.6 is 0 Å². The molecule has 0 spiro atoms. The standard InChI is InChI=1S/C27H28N4O3/c1-2-28-27(33)29-19-11-13-20(14-12-19)30-15-17-31(18-16-30)26(32)25-21-7-3-5-9-23(21)34-24-10-6-4-8-22(24)25/h3-14,25H,2,15-18H2,1H3,(H2,28,29,33). The van der Waals surface area contributed by atoms with Gasteiger partial charge in [-0.2, -0.15) is 0 Å². The van der Waals surface area contributed by atoms with Crippen LogP contribution in [0, 0.1) is 0 Å². The number of amides is 3. The summed E-state index contributed by atoms with van der Waals surface area (Å²) in [7, 11) is 0. The molecule has 3 aromatic carbocycles. The van der Waals surface area contributed by atoms with Crippen molar-refractivity contribution >= 4 is 23.3 Å².